The Morgan fingerprint density at radius 3 is 2.70 bits per heavy atom. The third-order valence-corrected chi connectivity index (χ3v) is 3.95. The number of hydrogen-bond donors (Lipinski definition) is 1. The molecule has 0 unspecified atom stereocenters. The molecule has 4 heteroatoms. The lowest BCUT2D eigenvalue weighted by molar-refractivity contribution is 0.469. The summed E-state index contributed by atoms with van der Waals surface area (Å²) in [7, 11) is 0. The Kier molecular flexibility index (Phi) is 6.13. The first-order valence-electron chi connectivity index (χ1n) is 6.62. The van der Waals surface area contributed by atoms with E-state index in [1.807, 2.05) is 42.5 Å². The van der Waals surface area contributed by atoms with Crippen LogP contribution in [0.4, 0.5) is 0 Å². The van der Waals surface area contributed by atoms with Gasteiger partial charge in [0.1, 0.15) is 11.5 Å². The van der Waals surface area contributed by atoms with E-state index in [4.69, 9.17) is 16.3 Å². The molecule has 0 aliphatic carbocycles. The molecular formula is C16H17ClINO. The molecule has 0 saturated heterocycles. The van der Waals surface area contributed by atoms with Crippen LogP contribution >= 0.6 is 34.2 Å². The van der Waals surface area contributed by atoms with E-state index >= 15 is 0 Å². The lowest BCUT2D eigenvalue weighted by atomic mass is 10.2. The largest absolute Gasteiger partial charge is 0.456 e. The van der Waals surface area contributed by atoms with E-state index in [0.717, 1.165) is 45.2 Å². The van der Waals surface area contributed by atoms with Gasteiger partial charge in [0.2, 0.25) is 0 Å². The van der Waals surface area contributed by atoms with Crippen LogP contribution in [0, 0.1) is 3.57 Å². The maximum Gasteiger partial charge on any atom is 0.140 e. The highest BCUT2D eigenvalue weighted by atomic mass is 127. The van der Waals surface area contributed by atoms with Crippen LogP contribution in [0.3, 0.4) is 0 Å². The lowest BCUT2D eigenvalue weighted by Gasteiger charge is -2.13. The molecule has 0 aromatic heterocycles. The first-order chi connectivity index (χ1) is 9.70. The van der Waals surface area contributed by atoms with Gasteiger partial charge in [0.25, 0.3) is 0 Å². The minimum Gasteiger partial charge on any atom is -0.456 e. The summed E-state index contributed by atoms with van der Waals surface area (Å²) >= 11 is 8.35. The van der Waals surface area contributed by atoms with Gasteiger partial charge in [-0.25, -0.2) is 0 Å². The second kappa shape index (κ2) is 7.86. The Balaban J connectivity index is 2.20. The maximum absolute atomic E-state index is 6.08. The Morgan fingerprint density at radius 1 is 1.15 bits per heavy atom. The molecule has 106 valence electrons. The van der Waals surface area contributed by atoms with Crippen LogP contribution in [0.25, 0.3) is 0 Å². The smallest absolute Gasteiger partial charge is 0.140 e. The van der Waals surface area contributed by atoms with Gasteiger partial charge in [0.15, 0.2) is 0 Å². The molecule has 2 aromatic rings. The van der Waals surface area contributed by atoms with Crippen molar-refractivity contribution in [1.29, 1.82) is 0 Å². The summed E-state index contributed by atoms with van der Waals surface area (Å²) in [6, 6.07) is 13.7. The van der Waals surface area contributed by atoms with Crippen molar-refractivity contribution < 1.29 is 4.74 Å². The van der Waals surface area contributed by atoms with Crippen molar-refractivity contribution in [3.05, 3.63) is 56.6 Å². The molecule has 0 radical (unpaired) electrons. The van der Waals surface area contributed by atoms with Gasteiger partial charge < -0.3 is 10.1 Å². The molecule has 0 atom stereocenters. The van der Waals surface area contributed by atoms with Crippen LogP contribution in [-0.4, -0.2) is 6.54 Å². The quantitative estimate of drug-likeness (QED) is 0.528. The number of nitrogens with one attached hydrogen (secondary N) is 1. The van der Waals surface area contributed by atoms with Crippen molar-refractivity contribution in [2.24, 2.45) is 0 Å². The Hall–Kier alpha value is -0.780. The molecule has 2 rings (SSSR count). The summed E-state index contributed by atoms with van der Waals surface area (Å²) in [6.45, 7) is 3.89. The third kappa shape index (κ3) is 4.36. The summed E-state index contributed by atoms with van der Waals surface area (Å²) in [4.78, 5) is 0. The molecule has 0 aliphatic rings. The van der Waals surface area contributed by atoms with E-state index in [1.54, 1.807) is 0 Å². The van der Waals surface area contributed by atoms with Gasteiger partial charge in [-0.1, -0.05) is 30.7 Å². The molecule has 0 aliphatic heterocycles. The second-order valence-electron chi connectivity index (χ2n) is 4.46. The molecule has 2 aromatic carbocycles. The van der Waals surface area contributed by atoms with Gasteiger partial charge in [-0.2, -0.15) is 0 Å². The summed E-state index contributed by atoms with van der Waals surface area (Å²) in [5.74, 6) is 1.72. The molecule has 0 bridgehead atoms. The normalized spacial score (nSPS) is 10.6. The van der Waals surface area contributed by atoms with E-state index in [-0.39, 0.29) is 0 Å². The molecule has 0 spiro atoms. The van der Waals surface area contributed by atoms with Gasteiger partial charge in [-0.3, -0.25) is 0 Å². The van der Waals surface area contributed by atoms with Crippen molar-refractivity contribution in [2.75, 3.05) is 6.54 Å². The average molecular weight is 402 g/mol. The summed E-state index contributed by atoms with van der Waals surface area (Å²) < 4.78 is 7.11. The standard InChI is InChI=1S/C16H17ClINO/c1-2-9-19-11-12-10-13(17)7-8-15(12)20-16-6-4-3-5-14(16)18/h3-8,10,19H,2,9,11H2,1H3. The van der Waals surface area contributed by atoms with Crippen molar-refractivity contribution >= 4 is 34.2 Å². The van der Waals surface area contributed by atoms with E-state index < -0.39 is 0 Å². The van der Waals surface area contributed by atoms with Crippen LogP contribution in [0.15, 0.2) is 42.5 Å². The van der Waals surface area contributed by atoms with Crippen LogP contribution in [-0.2, 0) is 6.54 Å². The molecular weight excluding hydrogens is 385 g/mol. The van der Waals surface area contributed by atoms with Crippen LogP contribution in [0.2, 0.25) is 5.02 Å². The molecule has 20 heavy (non-hydrogen) atoms. The van der Waals surface area contributed by atoms with Gasteiger partial charge >= 0.3 is 0 Å². The van der Waals surface area contributed by atoms with Gasteiger partial charge in [0, 0.05) is 17.1 Å². The first kappa shape index (κ1) is 15.6. The highest BCUT2D eigenvalue weighted by Gasteiger charge is 2.07. The Morgan fingerprint density at radius 2 is 1.95 bits per heavy atom. The number of benzene rings is 2. The fourth-order valence-corrected chi connectivity index (χ4v) is 2.52. The minimum absolute atomic E-state index is 0.730. The number of ether oxygens (including phenoxy) is 1. The zero-order chi connectivity index (χ0) is 14.4. The van der Waals surface area contributed by atoms with Gasteiger partial charge in [-0.15, -0.1) is 0 Å². The Labute approximate surface area is 138 Å². The zero-order valence-corrected chi connectivity index (χ0v) is 14.2. The van der Waals surface area contributed by atoms with Crippen molar-refractivity contribution in [3.63, 3.8) is 0 Å². The van der Waals surface area contributed by atoms with Crippen molar-refractivity contribution in [3.8, 4) is 11.5 Å². The summed E-state index contributed by atoms with van der Waals surface area (Å²) in [5, 5.41) is 4.11. The summed E-state index contributed by atoms with van der Waals surface area (Å²) in [5.41, 5.74) is 1.07. The highest BCUT2D eigenvalue weighted by molar-refractivity contribution is 14.1. The number of hydrogen-bond acceptors (Lipinski definition) is 2. The third-order valence-electron chi connectivity index (χ3n) is 2.82. The number of rotatable bonds is 6. The Bertz CT molecular complexity index is 574. The molecule has 0 saturated carbocycles. The predicted octanol–water partition coefficient (Wildman–Crippen LogP) is 5.24. The predicted molar refractivity (Wildman–Crippen MR) is 92.7 cm³/mol. The molecule has 1 N–H and O–H groups in total. The monoisotopic (exact) mass is 401 g/mol. The van der Waals surface area contributed by atoms with Gasteiger partial charge in [0.05, 0.1) is 3.57 Å². The fourth-order valence-electron chi connectivity index (χ4n) is 1.83. The minimum atomic E-state index is 0.730. The van der Waals surface area contributed by atoms with Crippen molar-refractivity contribution in [1.82, 2.24) is 5.32 Å². The van der Waals surface area contributed by atoms with Crippen LogP contribution in [0.1, 0.15) is 18.9 Å². The van der Waals surface area contributed by atoms with E-state index in [1.165, 1.54) is 0 Å². The molecule has 2 nitrogen and oxygen atoms in total. The maximum atomic E-state index is 6.08. The van der Waals surface area contributed by atoms with Crippen molar-refractivity contribution in [2.45, 2.75) is 19.9 Å². The average Bonchev–Trinajstić information content (AvgIpc) is 2.44. The first-order valence-corrected chi connectivity index (χ1v) is 8.08. The highest BCUT2D eigenvalue weighted by Crippen LogP contribution is 2.30. The van der Waals surface area contributed by atoms with Gasteiger partial charge in [-0.05, 0) is 65.9 Å². The van der Waals surface area contributed by atoms with E-state index in [2.05, 4.69) is 34.8 Å². The van der Waals surface area contributed by atoms with E-state index in [0.29, 0.717) is 0 Å². The number of halogens is 2. The molecule has 0 heterocycles. The topological polar surface area (TPSA) is 21.3 Å². The van der Waals surface area contributed by atoms with Crippen LogP contribution in [0.5, 0.6) is 11.5 Å². The zero-order valence-electron chi connectivity index (χ0n) is 11.3. The lowest BCUT2D eigenvalue weighted by Crippen LogP contribution is -2.14. The van der Waals surface area contributed by atoms with Crippen LogP contribution < -0.4 is 10.1 Å². The summed E-state index contributed by atoms with van der Waals surface area (Å²) in [6.07, 6.45) is 1.10. The fraction of sp³-hybridized carbons (Fsp3) is 0.250. The SMILES string of the molecule is CCCNCc1cc(Cl)ccc1Oc1ccccc1I. The second-order valence-corrected chi connectivity index (χ2v) is 6.06. The molecule has 0 amide bonds. The van der Waals surface area contributed by atoms with E-state index in [9.17, 15) is 0 Å². The molecule has 0 fully saturated rings. The number of para-hydroxylation sites is 1.